The predicted molar refractivity (Wildman–Crippen MR) is 56.1 cm³/mol. The van der Waals surface area contributed by atoms with E-state index in [2.05, 4.69) is 15.9 Å². The van der Waals surface area contributed by atoms with E-state index in [1.165, 1.54) is 17.4 Å². The molecule has 0 aliphatic carbocycles. The Morgan fingerprint density at radius 2 is 2.00 bits per heavy atom. The normalized spacial score (nSPS) is 11.4. The van der Waals surface area contributed by atoms with Gasteiger partial charge in [0.25, 0.3) is 6.43 Å². The van der Waals surface area contributed by atoms with Gasteiger partial charge < -0.3 is 5.11 Å². The molecule has 0 atom stereocenters. The van der Waals surface area contributed by atoms with E-state index in [1.807, 2.05) is 0 Å². The summed E-state index contributed by atoms with van der Waals surface area (Å²) < 4.78 is 26.2. The monoisotopic (exact) mass is 278 g/mol. The zero-order valence-corrected chi connectivity index (χ0v) is 9.20. The van der Waals surface area contributed by atoms with Crippen molar-refractivity contribution in [2.45, 2.75) is 6.43 Å². The van der Waals surface area contributed by atoms with Crippen molar-refractivity contribution in [1.29, 1.82) is 0 Å². The molecule has 0 amide bonds. The van der Waals surface area contributed by atoms with Crippen molar-refractivity contribution < 1.29 is 13.9 Å². The fourth-order valence-electron chi connectivity index (χ4n) is 1.24. The molecule has 74 valence electrons. The molecule has 1 aromatic heterocycles. The smallest absolute Gasteiger partial charge is 0.264 e. The molecule has 0 saturated carbocycles. The van der Waals surface area contributed by atoms with Crippen LogP contribution in [0.4, 0.5) is 8.78 Å². The number of phenolic OH excluding ortho intramolecular Hbond substituents is 1. The summed E-state index contributed by atoms with van der Waals surface area (Å²) in [7, 11) is 0. The van der Waals surface area contributed by atoms with Crippen molar-refractivity contribution in [3.05, 3.63) is 27.5 Å². The van der Waals surface area contributed by atoms with Crippen LogP contribution < -0.4 is 0 Å². The Morgan fingerprint density at radius 1 is 1.29 bits per heavy atom. The van der Waals surface area contributed by atoms with Crippen LogP contribution in [0.2, 0.25) is 0 Å². The zero-order valence-electron chi connectivity index (χ0n) is 6.80. The number of rotatable bonds is 1. The summed E-state index contributed by atoms with van der Waals surface area (Å²) in [5.41, 5.74) is -0.149. The number of halogens is 3. The minimum atomic E-state index is -2.55. The van der Waals surface area contributed by atoms with Crippen molar-refractivity contribution >= 4 is 37.4 Å². The molecule has 1 N–H and O–H groups in total. The second kappa shape index (κ2) is 3.47. The fourth-order valence-corrected chi connectivity index (χ4v) is 2.84. The summed E-state index contributed by atoms with van der Waals surface area (Å²) in [4.78, 5) is 0. The first-order chi connectivity index (χ1) is 6.58. The maximum absolute atomic E-state index is 12.4. The number of fused-ring (bicyclic) bond motifs is 1. The molecule has 0 unspecified atom stereocenters. The van der Waals surface area contributed by atoms with E-state index in [9.17, 15) is 13.9 Å². The molecule has 0 aliphatic rings. The highest BCUT2D eigenvalue weighted by Crippen LogP contribution is 2.37. The van der Waals surface area contributed by atoms with Gasteiger partial charge in [0.15, 0.2) is 0 Å². The summed E-state index contributed by atoms with van der Waals surface area (Å²) in [6, 6.07) is 4.21. The molecule has 2 aromatic rings. The van der Waals surface area contributed by atoms with E-state index in [-0.39, 0.29) is 11.3 Å². The molecule has 0 fully saturated rings. The molecule has 0 radical (unpaired) electrons. The van der Waals surface area contributed by atoms with Crippen LogP contribution in [0.25, 0.3) is 10.1 Å². The average Bonchev–Trinajstić information content (AvgIpc) is 2.45. The predicted octanol–water partition coefficient (Wildman–Crippen LogP) is 4.31. The van der Waals surface area contributed by atoms with Gasteiger partial charge in [-0.3, -0.25) is 0 Å². The topological polar surface area (TPSA) is 20.2 Å². The zero-order chi connectivity index (χ0) is 10.3. The van der Waals surface area contributed by atoms with Gasteiger partial charge in [0.05, 0.1) is 3.79 Å². The number of thiophene rings is 1. The summed E-state index contributed by atoms with van der Waals surface area (Å²) in [5.74, 6) is -0.0975. The maximum Gasteiger partial charge on any atom is 0.264 e. The summed E-state index contributed by atoms with van der Waals surface area (Å²) in [6.07, 6.45) is -2.55. The van der Waals surface area contributed by atoms with Gasteiger partial charge in [-0.15, -0.1) is 11.3 Å². The van der Waals surface area contributed by atoms with Crippen LogP contribution in [-0.2, 0) is 0 Å². The highest BCUT2D eigenvalue weighted by atomic mass is 79.9. The lowest BCUT2D eigenvalue weighted by Crippen LogP contribution is -1.82. The molecule has 1 heterocycles. The standard InChI is InChI=1S/C9H5BrF2OS/c10-8-3-5-6(13)1-4(9(11)12)2-7(5)14-8/h1-3,9,13H. The lowest BCUT2D eigenvalue weighted by molar-refractivity contribution is 0.151. The Bertz CT molecular complexity index is 481. The molecule has 5 heteroatoms. The lowest BCUT2D eigenvalue weighted by Gasteiger charge is -2.01. The fraction of sp³-hybridized carbons (Fsp3) is 0.111. The van der Waals surface area contributed by atoms with Gasteiger partial charge >= 0.3 is 0 Å². The number of aromatic hydroxyl groups is 1. The van der Waals surface area contributed by atoms with Gasteiger partial charge in [-0.05, 0) is 34.1 Å². The van der Waals surface area contributed by atoms with E-state index < -0.39 is 6.43 Å². The van der Waals surface area contributed by atoms with Gasteiger partial charge in [0.1, 0.15) is 5.75 Å². The van der Waals surface area contributed by atoms with Gasteiger partial charge in [-0.2, -0.15) is 0 Å². The van der Waals surface area contributed by atoms with E-state index >= 15 is 0 Å². The highest BCUT2D eigenvalue weighted by molar-refractivity contribution is 9.11. The van der Waals surface area contributed by atoms with Gasteiger partial charge in [-0.1, -0.05) is 0 Å². The van der Waals surface area contributed by atoms with Crippen molar-refractivity contribution in [2.75, 3.05) is 0 Å². The molecule has 0 bridgehead atoms. The van der Waals surface area contributed by atoms with Gasteiger partial charge in [0.2, 0.25) is 0 Å². The molecule has 14 heavy (non-hydrogen) atoms. The average molecular weight is 279 g/mol. The van der Waals surface area contributed by atoms with Crippen LogP contribution >= 0.6 is 27.3 Å². The Hall–Kier alpha value is -0.680. The van der Waals surface area contributed by atoms with E-state index in [0.29, 0.717) is 10.1 Å². The van der Waals surface area contributed by atoms with Crippen molar-refractivity contribution in [2.24, 2.45) is 0 Å². The van der Waals surface area contributed by atoms with Crippen LogP contribution in [0.5, 0.6) is 5.75 Å². The van der Waals surface area contributed by atoms with Crippen LogP contribution in [0.15, 0.2) is 22.0 Å². The van der Waals surface area contributed by atoms with Crippen LogP contribution in [-0.4, -0.2) is 5.11 Å². The molecule has 0 aliphatic heterocycles. The van der Waals surface area contributed by atoms with Crippen molar-refractivity contribution in [3.8, 4) is 5.75 Å². The summed E-state index contributed by atoms with van der Waals surface area (Å²) >= 11 is 4.56. The Kier molecular flexibility index (Phi) is 2.45. The lowest BCUT2D eigenvalue weighted by atomic mass is 10.1. The van der Waals surface area contributed by atoms with Crippen molar-refractivity contribution in [3.63, 3.8) is 0 Å². The third-order valence-electron chi connectivity index (χ3n) is 1.86. The number of hydrogen-bond acceptors (Lipinski definition) is 2. The van der Waals surface area contributed by atoms with E-state index in [4.69, 9.17) is 0 Å². The highest BCUT2D eigenvalue weighted by Gasteiger charge is 2.12. The number of benzene rings is 1. The SMILES string of the molecule is Oc1cc(C(F)F)cc2sc(Br)cc12. The maximum atomic E-state index is 12.4. The number of hydrogen-bond donors (Lipinski definition) is 1. The summed E-state index contributed by atoms with van der Waals surface area (Å²) in [6.45, 7) is 0. The number of phenols is 1. The molecule has 0 saturated heterocycles. The van der Waals surface area contributed by atoms with Crippen LogP contribution in [0, 0.1) is 0 Å². The Labute approximate surface area is 91.1 Å². The Morgan fingerprint density at radius 3 is 2.64 bits per heavy atom. The van der Waals surface area contributed by atoms with E-state index in [1.54, 1.807) is 6.07 Å². The summed E-state index contributed by atoms with van der Waals surface area (Å²) in [5, 5.41) is 10.1. The first-order valence-corrected chi connectivity index (χ1v) is 5.39. The molecular weight excluding hydrogens is 274 g/mol. The molecule has 0 spiro atoms. The molecular formula is C9H5BrF2OS. The molecule has 1 aromatic carbocycles. The van der Waals surface area contributed by atoms with Crippen LogP contribution in [0.3, 0.4) is 0 Å². The number of alkyl halides is 2. The van der Waals surface area contributed by atoms with Gasteiger partial charge in [0, 0.05) is 15.6 Å². The second-order valence-electron chi connectivity index (χ2n) is 2.80. The van der Waals surface area contributed by atoms with Crippen molar-refractivity contribution in [1.82, 2.24) is 0 Å². The van der Waals surface area contributed by atoms with Crippen LogP contribution in [0.1, 0.15) is 12.0 Å². The molecule has 2 rings (SSSR count). The quantitative estimate of drug-likeness (QED) is 0.824. The minimum Gasteiger partial charge on any atom is -0.507 e. The third kappa shape index (κ3) is 1.62. The Balaban J connectivity index is 2.71. The first-order valence-electron chi connectivity index (χ1n) is 3.78. The first kappa shape index (κ1) is 9.86. The second-order valence-corrected chi connectivity index (χ2v) is 5.27. The molecule has 1 nitrogen and oxygen atoms in total. The largest absolute Gasteiger partial charge is 0.507 e. The minimum absolute atomic E-state index is 0.0975. The third-order valence-corrected chi connectivity index (χ3v) is 3.44. The van der Waals surface area contributed by atoms with Gasteiger partial charge in [-0.25, -0.2) is 8.78 Å². The van der Waals surface area contributed by atoms with E-state index in [0.717, 1.165) is 9.85 Å².